The Hall–Kier alpha value is -2.91. The number of nitrogens with two attached hydrogens (primary N) is 1. The van der Waals surface area contributed by atoms with Gasteiger partial charge in [-0.2, -0.15) is 0 Å². The van der Waals surface area contributed by atoms with Crippen molar-refractivity contribution in [3.63, 3.8) is 0 Å². The summed E-state index contributed by atoms with van der Waals surface area (Å²) in [5.74, 6) is 0.144. The van der Waals surface area contributed by atoms with Crippen LogP contribution >= 0.6 is 0 Å². The highest BCUT2D eigenvalue weighted by molar-refractivity contribution is 6.03. The van der Waals surface area contributed by atoms with Gasteiger partial charge in [0.1, 0.15) is 18.4 Å². The van der Waals surface area contributed by atoms with Gasteiger partial charge in [-0.1, -0.05) is 17.2 Å². The number of nitrogens with zero attached hydrogens (tertiary/aromatic N) is 3. The quantitative estimate of drug-likeness (QED) is 0.503. The van der Waals surface area contributed by atoms with E-state index < -0.39 is 0 Å². The summed E-state index contributed by atoms with van der Waals surface area (Å²) >= 11 is 0. The van der Waals surface area contributed by atoms with Gasteiger partial charge in [-0.3, -0.25) is 0 Å². The van der Waals surface area contributed by atoms with Crippen molar-refractivity contribution in [2.24, 2.45) is 10.2 Å². The van der Waals surface area contributed by atoms with E-state index in [0.717, 1.165) is 11.9 Å². The van der Waals surface area contributed by atoms with Gasteiger partial charge in [0.05, 0.1) is 17.1 Å². The topological polar surface area (TPSA) is 74.2 Å². The number of nitrogen functional groups attached to an aromatic ring is 1. The van der Waals surface area contributed by atoms with Crippen LogP contribution in [0.25, 0.3) is 10.8 Å². The first-order valence-electron chi connectivity index (χ1n) is 6.57. The van der Waals surface area contributed by atoms with Crippen molar-refractivity contribution in [3.05, 3.63) is 54.4 Å². The van der Waals surface area contributed by atoms with Crippen LogP contribution < -0.4 is 5.73 Å². The van der Waals surface area contributed by atoms with E-state index in [1.807, 2.05) is 30.3 Å². The van der Waals surface area contributed by atoms with Crippen LogP contribution in [-0.4, -0.2) is 23.6 Å². The van der Waals surface area contributed by atoms with Gasteiger partial charge in [0.15, 0.2) is 6.20 Å². The van der Waals surface area contributed by atoms with Crippen molar-refractivity contribution >= 4 is 22.1 Å². The molecule has 1 aliphatic rings. The zero-order valence-corrected chi connectivity index (χ0v) is 11.6. The third-order valence-corrected chi connectivity index (χ3v) is 3.30. The minimum atomic E-state index is 0.144. The van der Waals surface area contributed by atoms with E-state index in [0.29, 0.717) is 22.5 Å². The maximum atomic E-state index is 10.0. The zero-order valence-electron chi connectivity index (χ0n) is 11.6. The molecule has 0 saturated heterocycles. The van der Waals surface area contributed by atoms with E-state index in [4.69, 9.17) is 5.73 Å². The predicted octanol–water partition coefficient (Wildman–Crippen LogP) is 3.36. The molecule has 0 aliphatic carbocycles. The number of likely N-dealkylation sites (N-methyl/N-ethyl adjacent to an activating group) is 1. The molecule has 0 radical (unpaired) electrons. The van der Waals surface area contributed by atoms with Crippen molar-refractivity contribution in [1.29, 1.82) is 0 Å². The molecule has 3 rings (SSSR count). The smallest absolute Gasteiger partial charge is 0.304 e. The Morgan fingerprint density at radius 3 is 2.86 bits per heavy atom. The summed E-state index contributed by atoms with van der Waals surface area (Å²) in [7, 11) is 1.96. The normalized spacial score (nSPS) is 14.5. The fourth-order valence-electron chi connectivity index (χ4n) is 2.17. The first-order chi connectivity index (χ1) is 10.1. The molecule has 1 aliphatic heterocycles. The Balaban J connectivity index is 2.02. The molecule has 0 amide bonds. The van der Waals surface area contributed by atoms with Crippen LogP contribution in [0, 0.1) is 6.08 Å². The van der Waals surface area contributed by atoms with E-state index in [-0.39, 0.29) is 5.75 Å². The molecular weight excluding hydrogens is 264 g/mol. The van der Waals surface area contributed by atoms with E-state index in [1.165, 1.54) is 0 Å². The molecule has 0 fully saturated rings. The van der Waals surface area contributed by atoms with Gasteiger partial charge >= 0.3 is 5.70 Å². The molecule has 5 nitrogen and oxygen atoms in total. The third-order valence-electron chi connectivity index (χ3n) is 3.30. The molecule has 0 bridgehead atoms. The summed E-state index contributed by atoms with van der Waals surface area (Å²) in [5.41, 5.74) is 7.79. The van der Waals surface area contributed by atoms with E-state index in [1.54, 1.807) is 24.3 Å². The van der Waals surface area contributed by atoms with Crippen LogP contribution in [0.4, 0.5) is 11.4 Å². The lowest BCUT2D eigenvalue weighted by Crippen LogP contribution is -2.13. The van der Waals surface area contributed by atoms with Crippen LogP contribution in [0.3, 0.4) is 0 Å². The Morgan fingerprint density at radius 2 is 2.10 bits per heavy atom. The van der Waals surface area contributed by atoms with Crippen LogP contribution in [-0.2, 0) is 0 Å². The van der Waals surface area contributed by atoms with Gasteiger partial charge in [0.25, 0.3) is 0 Å². The largest absolute Gasteiger partial charge is 0.507 e. The molecule has 0 aromatic heterocycles. The van der Waals surface area contributed by atoms with Gasteiger partial charge in [-0.15, -0.1) is 5.11 Å². The molecule has 2 aromatic carbocycles. The standard InChI is InChI=1S/C16H14N4O/c1-20-9-7-11(8-10-20)18-19-14-6-5-13(17)12-3-2-4-15(21)16(12)14/h2-7,10H,9H2,1H3,(H2-,17,18,19,21)/p+1. The van der Waals surface area contributed by atoms with Gasteiger partial charge in [-0.25, -0.2) is 0 Å². The second-order valence-electron chi connectivity index (χ2n) is 4.88. The minimum absolute atomic E-state index is 0.144. The highest BCUT2D eigenvalue weighted by Gasteiger charge is 2.12. The summed E-state index contributed by atoms with van der Waals surface area (Å²) in [5, 5.41) is 19.8. The number of anilines is 1. The predicted molar refractivity (Wildman–Crippen MR) is 83.1 cm³/mol. The molecule has 0 saturated carbocycles. The highest BCUT2D eigenvalue weighted by Crippen LogP contribution is 2.36. The number of fused-ring (bicyclic) bond motifs is 1. The molecule has 21 heavy (non-hydrogen) atoms. The minimum Gasteiger partial charge on any atom is -0.507 e. The molecule has 0 atom stereocenters. The SMILES string of the molecule is CN1C=[C+]C(N=Nc2ccc(N)c3cccc(O)c23)=CC1. The third kappa shape index (κ3) is 2.55. The number of phenols is 1. The van der Waals surface area contributed by atoms with Gasteiger partial charge < -0.3 is 15.7 Å². The fraction of sp³-hybridized carbons (Fsp3) is 0.125. The molecule has 1 heterocycles. The van der Waals surface area contributed by atoms with Crippen LogP contribution in [0.1, 0.15) is 0 Å². The molecule has 5 heteroatoms. The number of rotatable bonds is 2. The highest BCUT2D eigenvalue weighted by atomic mass is 16.3. The maximum Gasteiger partial charge on any atom is 0.304 e. The van der Waals surface area contributed by atoms with E-state index >= 15 is 0 Å². The van der Waals surface area contributed by atoms with Crippen molar-refractivity contribution in [3.8, 4) is 5.75 Å². The number of allylic oxidation sites excluding steroid dienone is 1. The van der Waals surface area contributed by atoms with E-state index in [2.05, 4.69) is 16.3 Å². The summed E-state index contributed by atoms with van der Waals surface area (Å²) < 4.78 is 0. The van der Waals surface area contributed by atoms with Crippen molar-refractivity contribution in [2.75, 3.05) is 19.3 Å². The van der Waals surface area contributed by atoms with E-state index in [9.17, 15) is 5.11 Å². The zero-order chi connectivity index (χ0) is 14.8. The van der Waals surface area contributed by atoms with Crippen molar-refractivity contribution in [2.45, 2.75) is 0 Å². The lowest BCUT2D eigenvalue weighted by Gasteiger charge is -2.07. The van der Waals surface area contributed by atoms with Crippen molar-refractivity contribution in [1.82, 2.24) is 4.90 Å². The molecule has 0 spiro atoms. The first kappa shape index (κ1) is 13.1. The lowest BCUT2D eigenvalue weighted by atomic mass is 10.1. The summed E-state index contributed by atoms with van der Waals surface area (Å²) in [4.78, 5) is 1.99. The molecule has 2 aromatic rings. The Morgan fingerprint density at radius 1 is 1.24 bits per heavy atom. The summed E-state index contributed by atoms with van der Waals surface area (Å²) in [6.07, 6.45) is 6.79. The molecular formula is C16H15N4O+. The lowest BCUT2D eigenvalue weighted by molar-refractivity contribution is 0.482. The van der Waals surface area contributed by atoms with Crippen LogP contribution in [0.5, 0.6) is 5.75 Å². The number of aromatic hydroxyl groups is 1. The second kappa shape index (κ2) is 5.23. The van der Waals surface area contributed by atoms with Gasteiger partial charge in [-0.05, 0) is 18.2 Å². The fourth-order valence-corrected chi connectivity index (χ4v) is 2.17. The number of azo groups is 1. The average molecular weight is 279 g/mol. The average Bonchev–Trinajstić information content (AvgIpc) is 2.49. The van der Waals surface area contributed by atoms with Crippen molar-refractivity contribution < 1.29 is 5.11 Å². The molecule has 3 N–H and O–H groups in total. The number of phenolic OH excluding ortho intramolecular Hbond substituents is 1. The first-order valence-corrected chi connectivity index (χ1v) is 6.57. The second-order valence-corrected chi connectivity index (χ2v) is 4.88. The van der Waals surface area contributed by atoms with Crippen LogP contribution in [0.2, 0.25) is 0 Å². The Labute approximate surface area is 122 Å². The Bertz CT molecular complexity index is 777. The van der Waals surface area contributed by atoms with Gasteiger partial charge in [0.2, 0.25) is 0 Å². The number of benzene rings is 2. The van der Waals surface area contributed by atoms with Crippen LogP contribution in [0.15, 0.2) is 58.5 Å². The monoisotopic (exact) mass is 279 g/mol. The Kier molecular flexibility index (Phi) is 3.26. The summed E-state index contributed by atoms with van der Waals surface area (Å²) in [6.45, 7) is 0.773. The molecule has 104 valence electrons. The maximum absolute atomic E-state index is 10.0. The number of hydrogen-bond donors (Lipinski definition) is 2. The van der Waals surface area contributed by atoms with Gasteiger partial charge in [0, 0.05) is 18.1 Å². The summed E-state index contributed by atoms with van der Waals surface area (Å²) in [6, 6.07) is 8.73. The number of hydrogen-bond acceptors (Lipinski definition) is 5. The molecule has 0 unspecified atom stereocenters.